The standard InChI is InChI=1S/C15H16BrFN2O2/c1-20-13-6-3-9(7-14(13)21-2)15(19-18)11-8-10(16)4-5-12(11)17/h3-8,15,19H,18H2,1-2H3. The van der Waals surface area contributed by atoms with Crippen LogP contribution in [0.4, 0.5) is 4.39 Å². The van der Waals surface area contributed by atoms with Gasteiger partial charge in [-0.1, -0.05) is 22.0 Å². The van der Waals surface area contributed by atoms with Gasteiger partial charge in [0.1, 0.15) is 5.82 Å². The Labute approximate surface area is 131 Å². The van der Waals surface area contributed by atoms with Crippen LogP contribution in [0.1, 0.15) is 17.2 Å². The van der Waals surface area contributed by atoms with Gasteiger partial charge in [-0.25, -0.2) is 9.82 Å². The summed E-state index contributed by atoms with van der Waals surface area (Å²) in [6.07, 6.45) is 0. The Morgan fingerprint density at radius 1 is 1.10 bits per heavy atom. The number of nitrogens with two attached hydrogens (primary N) is 1. The summed E-state index contributed by atoms with van der Waals surface area (Å²) >= 11 is 3.34. The number of ether oxygens (including phenoxy) is 2. The third-order valence-corrected chi connectivity index (χ3v) is 3.67. The van der Waals surface area contributed by atoms with Crippen LogP contribution in [0.15, 0.2) is 40.9 Å². The molecule has 0 spiro atoms. The van der Waals surface area contributed by atoms with Crippen LogP contribution in [0.25, 0.3) is 0 Å². The Morgan fingerprint density at radius 2 is 1.81 bits per heavy atom. The van der Waals surface area contributed by atoms with E-state index in [4.69, 9.17) is 15.3 Å². The zero-order valence-corrected chi connectivity index (χ0v) is 13.3. The summed E-state index contributed by atoms with van der Waals surface area (Å²) in [6, 6.07) is 9.56. The van der Waals surface area contributed by atoms with Gasteiger partial charge in [-0.3, -0.25) is 5.84 Å². The van der Waals surface area contributed by atoms with Gasteiger partial charge in [0.05, 0.1) is 20.3 Å². The van der Waals surface area contributed by atoms with Crippen molar-refractivity contribution in [2.45, 2.75) is 6.04 Å². The first-order valence-corrected chi connectivity index (χ1v) is 7.03. The Hall–Kier alpha value is -1.63. The summed E-state index contributed by atoms with van der Waals surface area (Å²) < 4.78 is 25.3. The minimum Gasteiger partial charge on any atom is -0.493 e. The molecule has 1 unspecified atom stereocenters. The van der Waals surface area contributed by atoms with Crippen molar-refractivity contribution in [3.63, 3.8) is 0 Å². The predicted molar refractivity (Wildman–Crippen MR) is 82.8 cm³/mol. The molecule has 0 aliphatic rings. The van der Waals surface area contributed by atoms with E-state index in [1.807, 2.05) is 6.07 Å². The average molecular weight is 355 g/mol. The van der Waals surface area contributed by atoms with Gasteiger partial charge < -0.3 is 9.47 Å². The first-order chi connectivity index (χ1) is 10.1. The molecule has 6 heteroatoms. The number of hydrogen-bond acceptors (Lipinski definition) is 4. The Balaban J connectivity index is 2.48. The smallest absolute Gasteiger partial charge is 0.161 e. The SMILES string of the molecule is COc1ccc(C(NN)c2cc(Br)ccc2F)cc1OC. The lowest BCUT2D eigenvalue weighted by molar-refractivity contribution is 0.354. The van der Waals surface area contributed by atoms with Crippen molar-refractivity contribution in [3.8, 4) is 11.5 Å². The van der Waals surface area contributed by atoms with Crippen LogP contribution in [-0.4, -0.2) is 14.2 Å². The molecule has 2 aromatic rings. The minimum absolute atomic E-state index is 0.337. The fraction of sp³-hybridized carbons (Fsp3) is 0.200. The van der Waals surface area contributed by atoms with Crippen molar-refractivity contribution in [1.82, 2.24) is 5.43 Å². The highest BCUT2D eigenvalue weighted by Gasteiger charge is 2.18. The van der Waals surface area contributed by atoms with Gasteiger partial charge in [0.15, 0.2) is 11.5 Å². The topological polar surface area (TPSA) is 56.5 Å². The quantitative estimate of drug-likeness (QED) is 0.639. The maximum absolute atomic E-state index is 14.0. The van der Waals surface area contributed by atoms with Gasteiger partial charge >= 0.3 is 0 Å². The molecule has 0 saturated carbocycles. The van der Waals surface area contributed by atoms with Gasteiger partial charge in [-0.15, -0.1) is 0 Å². The molecule has 0 heterocycles. The zero-order valence-electron chi connectivity index (χ0n) is 11.7. The molecule has 4 nitrogen and oxygen atoms in total. The van der Waals surface area contributed by atoms with Crippen LogP contribution >= 0.6 is 15.9 Å². The molecule has 112 valence electrons. The number of nitrogens with one attached hydrogen (secondary N) is 1. The van der Waals surface area contributed by atoms with E-state index in [2.05, 4.69) is 21.4 Å². The highest BCUT2D eigenvalue weighted by Crippen LogP contribution is 2.33. The largest absolute Gasteiger partial charge is 0.493 e. The van der Waals surface area contributed by atoms with Crippen LogP contribution in [-0.2, 0) is 0 Å². The van der Waals surface area contributed by atoms with Crippen molar-refractivity contribution in [2.24, 2.45) is 5.84 Å². The molecule has 0 aliphatic carbocycles. The highest BCUT2D eigenvalue weighted by atomic mass is 79.9. The van der Waals surface area contributed by atoms with Crippen LogP contribution in [0.3, 0.4) is 0 Å². The zero-order chi connectivity index (χ0) is 15.4. The van der Waals surface area contributed by atoms with Gasteiger partial charge in [-0.05, 0) is 35.9 Å². The summed E-state index contributed by atoms with van der Waals surface area (Å²) in [6.45, 7) is 0. The fourth-order valence-corrected chi connectivity index (χ4v) is 2.51. The van der Waals surface area contributed by atoms with Crippen LogP contribution < -0.4 is 20.7 Å². The number of hydrazine groups is 1. The fourth-order valence-electron chi connectivity index (χ4n) is 2.13. The van der Waals surface area contributed by atoms with E-state index in [0.717, 1.165) is 10.0 Å². The van der Waals surface area contributed by atoms with E-state index < -0.39 is 6.04 Å². The van der Waals surface area contributed by atoms with E-state index in [-0.39, 0.29) is 5.82 Å². The lowest BCUT2D eigenvalue weighted by atomic mass is 9.98. The molecular formula is C15H16BrFN2O2. The maximum Gasteiger partial charge on any atom is 0.161 e. The summed E-state index contributed by atoms with van der Waals surface area (Å²) in [5, 5.41) is 0. The van der Waals surface area contributed by atoms with Crippen molar-refractivity contribution < 1.29 is 13.9 Å². The van der Waals surface area contributed by atoms with E-state index in [9.17, 15) is 4.39 Å². The second-order valence-electron chi connectivity index (χ2n) is 4.38. The summed E-state index contributed by atoms with van der Waals surface area (Å²) in [5.74, 6) is 6.44. The molecule has 0 aliphatic heterocycles. The molecule has 2 aromatic carbocycles. The van der Waals surface area contributed by atoms with Crippen molar-refractivity contribution in [3.05, 3.63) is 57.8 Å². The Morgan fingerprint density at radius 3 is 2.43 bits per heavy atom. The number of hydrogen-bond donors (Lipinski definition) is 2. The molecule has 21 heavy (non-hydrogen) atoms. The molecule has 0 bridgehead atoms. The molecule has 0 radical (unpaired) electrons. The van der Waals surface area contributed by atoms with E-state index in [0.29, 0.717) is 17.1 Å². The predicted octanol–water partition coefficient (Wildman–Crippen LogP) is 3.16. The molecule has 3 N–H and O–H groups in total. The molecule has 0 aromatic heterocycles. The van der Waals surface area contributed by atoms with Crippen molar-refractivity contribution >= 4 is 15.9 Å². The normalized spacial score (nSPS) is 12.0. The van der Waals surface area contributed by atoms with Crippen LogP contribution in [0.5, 0.6) is 11.5 Å². The lowest BCUT2D eigenvalue weighted by Crippen LogP contribution is -2.29. The Bertz CT molecular complexity index is 637. The molecule has 0 fully saturated rings. The molecule has 0 amide bonds. The first kappa shape index (κ1) is 15.8. The number of halogens is 2. The summed E-state index contributed by atoms with van der Waals surface area (Å²) in [5.41, 5.74) is 3.85. The van der Waals surface area contributed by atoms with Crippen LogP contribution in [0, 0.1) is 5.82 Å². The summed E-state index contributed by atoms with van der Waals surface area (Å²) in [4.78, 5) is 0. The third-order valence-electron chi connectivity index (χ3n) is 3.18. The van der Waals surface area contributed by atoms with Crippen molar-refractivity contribution in [1.29, 1.82) is 0 Å². The average Bonchev–Trinajstić information content (AvgIpc) is 2.51. The second kappa shape index (κ2) is 6.89. The Kier molecular flexibility index (Phi) is 5.17. The van der Waals surface area contributed by atoms with Crippen molar-refractivity contribution in [2.75, 3.05) is 14.2 Å². The molecule has 0 saturated heterocycles. The highest BCUT2D eigenvalue weighted by molar-refractivity contribution is 9.10. The van der Waals surface area contributed by atoms with Gasteiger partial charge in [0, 0.05) is 10.0 Å². The van der Waals surface area contributed by atoms with Gasteiger partial charge in [0.25, 0.3) is 0 Å². The van der Waals surface area contributed by atoms with Crippen LogP contribution in [0.2, 0.25) is 0 Å². The molecule has 2 rings (SSSR count). The maximum atomic E-state index is 14.0. The number of rotatable bonds is 5. The molecule has 1 atom stereocenters. The first-order valence-electron chi connectivity index (χ1n) is 6.23. The molecular weight excluding hydrogens is 339 g/mol. The van der Waals surface area contributed by atoms with E-state index >= 15 is 0 Å². The van der Waals surface area contributed by atoms with E-state index in [1.165, 1.54) is 6.07 Å². The van der Waals surface area contributed by atoms with E-state index in [1.54, 1.807) is 38.5 Å². The monoisotopic (exact) mass is 354 g/mol. The summed E-state index contributed by atoms with van der Waals surface area (Å²) in [7, 11) is 3.11. The number of methoxy groups -OCH3 is 2. The third kappa shape index (κ3) is 3.34. The van der Waals surface area contributed by atoms with Gasteiger partial charge in [0.2, 0.25) is 0 Å². The lowest BCUT2D eigenvalue weighted by Gasteiger charge is -2.19. The minimum atomic E-state index is -0.498. The van der Waals surface area contributed by atoms with Gasteiger partial charge in [-0.2, -0.15) is 0 Å². The number of benzene rings is 2. The second-order valence-corrected chi connectivity index (χ2v) is 5.30.